The van der Waals surface area contributed by atoms with Crippen molar-refractivity contribution < 1.29 is 9.18 Å². The number of carbonyl (C=O) groups is 1. The van der Waals surface area contributed by atoms with Gasteiger partial charge < -0.3 is 5.32 Å². The summed E-state index contributed by atoms with van der Waals surface area (Å²) >= 11 is 1.62. The minimum Gasteiger partial charge on any atom is -0.307 e. The van der Waals surface area contributed by atoms with Crippen LogP contribution in [0.5, 0.6) is 0 Å². The van der Waals surface area contributed by atoms with Gasteiger partial charge in [0.05, 0.1) is 16.6 Å². The smallest absolute Gasteiger partial charge is 0.259 e. The summed E-state index contributed by atoms with van der Waals surface area (Å²) in [6.07, 6.45) is 3.46. The van der Waals surface area contributed by atoms with E-state index >= 15 is 0 Å². The Morgan fingerprint density at radius 2 is 1.94 bits per heavy atom. The van der Waals surface area contributed by atoms with Crippen LogP contribution in [0.4, 0.5) is 10.2 Å². The Labute approximate surface area is 187 Å². The van der Waals surface area contributed by atoms with Gasteiger partial charge in [-0.3, -0.25) is 13.9 Å². The van der Waals surface area contributed by atoms with Crippen molar-refractivity contribution in [1.29, 1.82) is 0 Å². The van der Waals surface area contributed by atoms with Gasteiger partial charge in [0.2, 0.25) is 0 Å². The average molecular weight is 447 g/mol. The summed E-state index contributed by atoms with van der Waals surface area (Å²) in [6, 6.07) is 10.5. The third-order valence-corrected chi connectivity index (χ3v) is 6.42. The Bertz CT molecular complexity index is 1480. The van der Waals surface area contributed by atoms with Gasteiger partial charge in [0, 0.05) is 19.3 Å². The molecule has 0 aliphatic heterocycles. The normalized spacial score (nSPS) is 11.2. The molecule has 0 unspecified atom stereocenters. The van der Waals surface area contributed by atoms with Crippen molar-refractivity contribution in [2.75, 3.05) is 5.32 Å². The molecule has 0 saturated heterocycles. The molecule has 5 aromatic rings. The fourth-order valence-corrected chi connectivity index (χ4v) is 4.56. The highest BCUT2D eigenvalue weighted by atomic mass is 32.1. The first-order chi connectivity index (χ1) is 15.4. The van der Waals surface area contributed by atoms with Crippen molar-refractivity contribution in [1.82, 2.24) is 24.4 Å². The number of aryl methyl sites for hydroxylation is 3. The SMILES string of the molecule is Cc1cc(F)c(C(=O)Nc2ccnn2C)cc1-c1ccn2c(-c3sccc3C)nnc2c1. The minimum absolute atomic E-state index is 0.0389. The molecule has 0 aliphatic carbocycles. The van der Waals surface area contributed by atoms with Gasteiger partial charge in [0.15, 0.2) is 11.5 Å². The fraction of sp³-hybridized carbons (Fsp3) is 0.130. The van der Waals surface area contributed by atoms with Crippen molar-refractivity contribution in [2.45, 2.75) is 13.8 Å². The lowest BCUT2D eigenvalue weighted by Crippen LogP contribution is -2.16. The van der Waals surface area contributed by atoms with Crippen LogP contribution in [0.2, 0.25) is 0 Å². The van der Waals surface area contributed by atoms with Crippen LogP contribution >= 0.6 is 11.3 Å². The standard InChI is InChI=1S/C23H19FN6OS/c1-13-6-9-32-21(13)22-28-27-20-11-15(5-8-30(20)22)16-12-17(18(24)10-14(16)2)23(31)26-19-4-7-25-29(19)3/h4-12H,1-3H3,(H,26,31). The van der Waals surface area contributed by atoms with Gasteiger partial charge in [-0.2, -0.15) is 5.10 Å². The Balaban J connectivity index is 1.54. The molecule has 0 radical (unpaired) electrons. The van der Waals surface area contributed by atoms with Gasteiger partial charge in [0.25, 0.3) is 5.91 Å². The molecule has 32 heavy (non-hydrogen) atoms. The Morgan fingerprint density at radius 1 is 1.09 bits per heavy atom. The van der Waals surface area contributed by atoms with Crippen LogP contribution in [0.3, 0.4) is 0 Å². The van der Waals surface area contributed by atoms with E-state index in [1.807, 2.05) is 42.0 Å². The first-order valence-electron chi connectivity index (χ1n) is 9.91. The molecule has 0 spiro atoms. The zero-order valence-corrected chi connectivity index (χ0v) is 18.4. The molecule has 1 N–H and O–H groups in total. The van der Waals surface area contributed by atoms with E-state index < -0.39 is 11.7 Å². The van der Waals surface area contributed by atoms with Crippen molar-refractivity contribution in [3.8, 4) is 21.8 Å². The second-order valence-electron chi connectivity index (χ2n) is 7.54. The maximum atomic E-state index is 14.7. The fourth-order valence-electron chi connectivity index (χ4n) is 3.65. The van der Waals surface area contributed by atoms with Gasteiger partial charge in [-0.15, -0.1) is 21.5 Å². The number of pyridine rings is 1. The minimum atomic E-state index is -0.579. The van der Waals surface area contributed by atoms with Crippen LogP contribution in [-0.4, -0.2) is 30.3 Å². The molecule has 160 valence electrons. The van der Waals surface area contributed by atoms with Crippen LogP contribution < -0.4 is 5.32 Å². The lowest BCUT2D eigenvalue weighted by atomic mass is 9.98. The van der Waals surface area contributed by atoms with Crippen molar-refractivity contribution in [3.05, 3.63) is 76.7 Å². The molecule has 0 saturated carbocycles. The number of aromatic nitrogens is 5. The maximum absolute atomic E-state index is 14.7. The monoisotopic (exact) mass is 446 g/mol. The Hall–Kier alpha value is -3.85. The molecule has 4 heterocycles. The second-order valence-corrected chi connectivity index (χ2v) is 8.46. The number of carbonyl (C=O) groups excluding carboxylic acids is 1. The number of benzene rings is 1. The van der Waals surface area contributed by atoms with Crippen molar-refractivity contribution in [3.63, 3.8) is 0 Å². The highest BCUT2D eigenvalue weighted by Crippen LogP contribution is 2.31. The van der Waals surface area contributed by atoms with E-state index in [0.717, 1.165) is 33.0 Å². The largest absolute Gasteiger partial charge is 0.307 e. The third-order valence-electron chi connectivity index (χ3n) is 5.41. The lowest BCUT2D eigenvalue weighted by molar-refractivity contribution is 0.102. The van der Waals surface area contributed by atoms with Crippen LogP contribution in [0.1, 0.15) is 21.5 Å². The van der Waals surface area contributed by atoms with E-state index in [-0.39, 0.29) is 5.56 Å². The predicted octanol–water partition coefficient (Wildman–Crippen LogP) is 4.87. The molecule has 1 aromatic carbocycles. The molecule has 0 atom stereocenters. The van der Waals surface area contributed by atoms with Gasteiger partial charge >= 0.3 is 0 Å². The van der Waals surface area contributed by atoms with Crippen LogP contribution in [0.25, 0.3) is 27.5 Å². The number of thiophene rings is 1. The summed E-state index contributed by atoms with van der Waals surface area (Å²) in [5.74, 6) is 0.153. The van der Waals surface area contributed by atoms with E-state index in [1.54, 1.807) is 36.7 Å². The van der Waals surface area contributed by atoms with E-state index in [9.17, 15) is 9.18 Å². The van der Waals surface area contributed by atoms with E-state index in [2.05, 4.69) is 26.7 Å². The van der Waals surface area contributed by atoms with Gasteiger partial charge in [-0.1, -0.05) is 0 Å². The maximum Gasteiger partial charge on any atom is 0.259 e. The van der Waals surface area contributed by atoms with E-state index in [1.165, 1.54) is 10.7 Å². The summed E-state index contributed by atoms with van der Waals surface area (Å²) in [7, 11) is 1.70. The number of halogens is 1. The number of fused-ring (bicyclic) bond motifs is 1. The summed E-state index contributed by atoms with van der Waals surface area (Å²) in [5, 5.41) is 17.4. The molecule has 4 aromatic heterocycles. The molecule has 0 aliphatic rings. The average Bonchev–Trinajstić information content (AvgIpc) is 3.48. The number of rotatable bonds is 4. The molecule has 9 heteroatoms. The van der Waals surface area contributed by atoms with Gasteiger partial charge in [0.1, 0.15) is 11.6 Å². The van der Waals surface area contributed by atoms with E-state index in [4.69, 9.17) is 0 Å². The topological polar surface area (TPSA) is 77.1 Å². The summed E-state index contributed by atoms with van der Waals surface area (Å²) in [5.41, 5.74) is 4.08. The quantitative estimate of drug-likeness (QED) is 0.427. The second kappa shape index (κ2) is 7.69. The van der Waals surface area contributed by atoms with Crippen LogP contribution in [-0.2, 0) is 7.05 Å². The number of hydrogen-bond acceptors (Lipinski definition) is 5. The van der Waals surface area contributed by atoms with Gasteiger partial charge in [-0.05, 0) is 71.8 Å². The lowest BCUT2D eigenvalue weighted by Gasteiger charge is -2.12. The summed E-state index contributed by atoms with van der Waals surface area (Å²) < 4.78 is 18.1. The molecular formula is C23H19FN6OS. The summed E-state index contributed by atoms with van der Waals surface area (Å²) in [6.45, 7) is 3.86. The van der Waals surface area contributed by atoms with Crippen molar-refractivity contribution >= 4 is 28.7 Å². The molecule has 0 bridgehead atoms. The Morgan fingerprint density at radius 3 is 2.66 bits per heavy atom. The zero-order valence-electron chi connectivity index (χ0n) is 17.6. The first kappa shape index (κ1) is 20.1. The Kier molecular flexibility index (Phi) is 4.82. The van der Waals surface area contributed by atoms with Crippen LogP contribution in [0, 0.1) is 19.7 Å². The number of anilines is 1. The van der Waals surface area contributed by atoms with Gasteiger partial charge in [-0.25, -0.2) is 4.39 Å². The number of amides is 1. The molecule has 1 amide bonds. The molecule has 7 nitrogen and oxygen atoms in total. The summed E-state index contributed by atoms with van der Waals surface area (Å²) in [4.78, 5) is 13.8. The van der Waals surface area contributed by atoms with E-state index in [0.29, 0.717) is 11.5 Å². The number of hydrogen-bond donors (Lipinski definition) is 1. The molecule has 5 rings (SSSR count). The van der Waals surface area contributed by atoms with Crippen molar-refractivity contribution in [2.24, 2.45) is 7.05 Å². The first-order valence-corrected chi connectivity index (χ1v) is 10.8. The third kappa shape index (κ3) is 3.36. The number of nitrogens with one attached hydrogen (secondary N) is 1. The predicted molar refractivity (Wildman–Crippen MR) is 122 cm³/mol. The molecular weight excluding hydrogens is 427 g/mol. The molecule has 0 fully saturated rings. The zero-order chi connectivity index (χ0) is 22.4. The number of nitrogens with zero attached hydrogens (tertiary/aromatic N) is 5. The highest BCUT2D eigenvalue weighted by Gasteiger charge is 2.18. The highest BCUT2D eigenvalue weighted by molar-refractivity contribution is 7.13. The van der Waals surface area contributed by atoms with Crippen LogP contribution in [0.15, 0.2) is 54.2 Å².